The number of hydrogen-bond acceptors (Lipinski definition) is 5. The van der Waals surface area contributed by atoms with Crippen LogP contribution in [-0.4, -0.2) is 39.1 Å². The van der Waals surface area contributed by atoms with E-state index in [4.69, 9.17) is 18.9 Å². The summed E-state index contributed by atoms with van der Waals surface area (Å²) in [5.74, 6) is 1.68. The molecular weight excluding hydrogens is 274 g/mol. The van der Waals surface area contributed by atoms with Gasteiger partial charge in [-0.2, -0.15) is 0 Å². The van der Waals surface area contributed by atoms with Crippen molar-refractivity contribution in [2.24, 2.45) is 0 Å². The van der Waals surface area contributed by atoms with Crippen LogP contribution in [0, 0.1) is 0 Å². The first-order valence-electron chi connectivity index (χ1n) is 6.68. The lowest BCUT2D eigenvalue weighted by atomic mass is 10.2. The number of alkyl carbamates (subject to hydrolysis) is 1. The van der Waals surface area contributed by atoms with Crippen molar-refractivity contribution in [3.8, 4) is 17.2 Å². The van der Waals surface area contributed by atoms with E-state index >= 15 is 0 Å². The minimum Gasteiger partial charge on any atom is -0.493 e. The van der Waals surface area contributed by atoms with Crippen LogP contribution in [0.2, 0.25) is 0 Å². The molecule has 21 heavy (non-hydrogen) atoms. The maximum absolute atomic E-state index is 11.5. The zero-order chi connectivity index (χ0) is 15.9. The maximum Gasteiger partial charge on any atom is 0.407 e. The number of nitrogens with one attached hydrogen (secondary N) is 1. The number of rotatable bonds is 6. The van der Waals surface area contributed by atoms with Crippen molar-refractivity contribution >= 4 is 6.09 Å². The van der Waals surface area contributed by atoms with Gasteiger partial charge in [0.25, 0.3) is 0 Å². The van der Waals surface area contributed by atoms with E-state index in [1.807, 2.05) is 20.8 Å². The van der Waals surface area contributed by atoms with Crippen molar-refractivity contribution in [2.45, 2.75) is 26.4 Å². The molecule has 1 amide bonds. The lowest BCUT2D eigenvalue weighted by molar-refractivity contribution is 0.0520. The number of carbonyl (C=O) groups is 1. The Balaban J connectivity index is 2.45. The first-order chi connectivity index (χ1) is 9.87. The highest BCUT2D eigenvalue weighted by Crippen LogP contribution is 2.36. The highest BCUT2D eigenvalue weighted by Gasteiger charge is 2.15. The molecule has 0 saturated carbocycles. The van der Waals surface area contributed by atoms with Crippen LogP contribution in [0.3, 0.4) is 0 Å². The second kappa shape index (κ2) is 7.61. The molecule has 0 heterocycles. The first-order valence-corrected chi connectivity index (χ1v) is 6.68. The van der Waals surface area contributed by atoms with Crippen molar-refractivity contribution < 1.29 is 23.7 Å². The quantitative estimate of drug-likeness (QED) is 0.818. The monoisotopic (exact) mass is 297 g/mol. The van der Waals surface area contributed by atoms with Gasteiger partial charge in [-0.25, -0.2) is 4.79 Å². The molecule has 6 nitrogen and oxygen atoms in total. The summed E-state index contributed by atoms with van der Waals surface area (Å²) in [5.41, 5.74) is -0.513. The van der Waals surface area contributed by atoms with Crippen molar-refractivity contribution in [1.29, 1.82) is 0 Å². The van der Waals surface area contributed by atoms with Gasteiger partial charge in [0.2, 0.25) is 5.75 Å². The molecule has 1 rings (SSSR count). The molecule has 1 N–H and O–H groups in total. The molecule has 1 aromatic carbocycles. The Morgan fingerprint density at radius 3 is 2.38 bits per heavy atom. The van der Waals surface area contributed by atoms with Gasteiger partial charge in [0.15, 0.2) is 11.5 Å². The largest absolute Gasteiger partial charge is 0.493 e. The molecule has 0 aromatic heterocycles. The summed E-state index contributed by atoms with van der Waals surface area (Å²) in [4.78, 5) is 11.5. The molecule has 0 aliphatic rings. The first kappa shape index (κ1) is 16.9. The van der Waals surface area contributed by atoms with Gasteiger partial charge in [-0.15, -0.1) is 0 Å². The van der Waals surface area contributed by atoms with E-state index in [2.05, 4.69) is 5.32 Å². The molecule has 0 unspecified atom stereocenters. The zero-order valence-corrected chi connectivity index (χ0v) is 13.2. The average molecular weight is 297 g/mol. The fourth-order valence-electron chi connectivity index (χ4n) is 1.60. The Kier molecular flexibility index (Phi) is 6.14. The Morgan fingerprint density at radius 2 is 1.81 bits per heavy atom. The summed E-state index contributed by atoms with van der Waals surface area (Å²) in [6.45, 7) is 6.05. The van der Waals surface area contributed by atoms with E-state index in [0.29, 0.717) is 30.4 Å². The normalized spacial score (nSPS) is 10.7. The average Bonchev–Trinajstić information content (AvgIpc) is 2.41. The summed E-state index contributed by atoms with van der Waals surface area (Å²) < 4.78 is 21.1. The lowest BCUT2D eigenvalue weighted by Gasteiger charge is -2.19. The van der Waals surface area contributed by atoms with E-state index in [1.54, 1.807) is 32.4 Å². The number of ether oxygens (including phenoxy) is 4. The summed E-state index contributed by atoms with van der Waals surface area (Å²) >= 11 is 0. The molecule has 0 aliphatic carbocycles. The standard InChI is InChI=1S/C15H23NO5/c1-15(2,3)21-14(17)16-9-10-20-12-8-6-7-11(18-4)13(12)19-5/h6-8H,9-10H2,1-5H3,(H,16,17). The summed E-state index contributed by atoms with van der Waals surface area (Å²) in [5, 5.41) is 2.62. The van der Waals surface area contributed by atoms with E-state index in [1.165, 1.54) is 0 Å². The second-order valence-electron chi connectivity index (χ2n) is 5.27. The summed E-state index contributed by atoms with van der Waals surface area (Å²) in [7, 11) is 3.11. The molecular formula is C15H23NO5. The van der Waals surface area contributed by atoms with Crippen molar-refractivity contribution in [1.82, 2.24) is 5.32 Å². The van der Waals surface area contributed by atoms with Gasteiger partial charge in [-0.1, -0.05) is 6.07 Å². The third-order valence-corrected chi connectivity index (χ3v) is 2.39. The van der Waals surface area contributed by atoms with E-state index < -0.39 is 11.7 Å². The van der Waals surface area contributed by atoms with Crippen LogP contribution in [0.4, 0.5) is 4.79 Å². The fraction of sp³-hybridized carbons (Fsp3) is 0.533. The van der Waals surface area contributed by atoms with E-state index in [0.717, 1.165) is 0 Å². The van der Waals surface area contributed by atoms with Crippen molar-refractivity contribution in [3.63, 3.8) is 0 Å². The minimum absolute atomic E-state index is 0.294. The van der Waals surface area contributed by atoms with Crippen LogP contribution in [0.15, 0.2) is 18.2 Å². The maximum atomic E-state index is 11.5. The predicted octanol–water partition coefficient (Wildman–Crippen LogP) is 2.61. The SMILES string of the molecule is COc1cccc(OCCNC(=O)OC(C)(C)C)c1OC. The van der Waals surface area contributed by atoms with Gasteiger partial charge in [0.1, 0.15) is 12.2 Å². The van der Waals surface area contributed by atoms with Gasteiger partial charge >= 0.3 is 6.09 Å². The smallest absolute Gasteiger partial charge is 0.407 e. The van der Waals surface area contributed by atoms with Gasteiger partial charge in [-0.05, 0) is 32.9 Å². The van der Waals surface area contributed by atoms with Crippen LogP contribution in [0.5, 0.6) is 17.2 Å². The van der Waals surface area contributed by atoms with E-state index in [-0.39, 0.29) is 0 Å². The number of methoxy groups -OCH3 is 2. The van der Waals surface area contributed by atoms with Crippen LogP contribution >= 0.6 is 0 Å². The van der Waals surface area contributed by atoms with Crippen molar-refractivity contribution in [3.05, 3.63) is 18.2 Å². The minimum atomic E-state index is -0.513. The van der Waals surface area contributed by atoms with Gasteiger partial charge in [-0.3, -0.25) is 0 Å². The number of para-hydroxylation sites is 1. The molecule has 1 aromatic rings. The predicted molar refractivity (Wildman–Crippen MR) is 79.3 cm³/mol. The number of amides is 1. The third kappa shape index (κ3) is 5.81. The van der Waals surface area contributed by atoms with Crippen LogP contribution < -0.4 is 19.5 Å². The molecule has 118 valence electrons. The molecule has 6 heteroatoms. The molecule has 0 spiro atoms. The Morgan fingerprint density at radius 1 is 1.14 bits per heavy atom. The van der Waals surface area contributed by atoms with Gasteiger partial charge in [0, 0.05) is 0 Å². The number of benzene rings is 1. The number of carbonyl (C=O) groups excluding carboxylic acids is 1. The second-order valence-corrected chi connectivity index (χ2v) is 5.27. The van der Waals surface area contributed by atoms with Crippen molar-refractivity contribution in [2.75, 3.05) is 27.4 Å². The summed E-state index contributed by atoms with van der Waals surface area (Å²) in [6.07, 6.45) is -0.469. The molecule has 0 aliphatic heterocycles. The molecule has 0 radical (unpaired) electrons. The third-order valence-electron chi connectivity index (χ3n) is 2.39. The van der Waals surface area contributed by atoms with Gasteiger partial charge < -0.3 is 24.3 Å². The Labute approximate surface area is 125 Å². The topological polar surface area (TPSA) is 66.0 Å². The molecule has 0 saturated heterocycles. The molecule has 0 bridgehead atoms. The Hall–Kier alpha value is -2.11. The number of hydrogen-bond donors (Lipinski definition) is 1. The molecule has 0 atom stereocenters. The highest BCUT2D eigenvalue weighted by molar-refractivity contribution is 5.67. The lowest BCUT2D eigenvalue weighted by Crippen LogP contribution is -2.34. The van der Waals surface area contributed by atoms with E-state index in [9.17, 15) is 4.79 Å². The highest BCUT2D eigenvalue weighted by atomic mass is 16.6. The molecule has 0 fully saturated rings. The van der Waals surface area contributed by atoms with Crippen LogP contribution in [0.1, 0.15) is 20.8 Å². The van der Waals surface area contributed by atoms with Crippen LogP contribution in [0.25, 0.3) is 0 Å². The zero-order valence-electron chi connectivity index (χ0n) is 13.2. The summed E-state index contributed by atoms with van der Waals surface area (Å²) in [6, 6.07) is 5.36. The Bertz CT molecular complexity index is 468. The fourth-order valence-corrected chi connectivity index (χ4v) is 1.60. The van der Waals surface area contributed by atoms with Gasteiger partial charge in [0.05, 0.1) is 20.8 Å². The van der Waals surface area contributed by atoms with Crippen LogP contribution in [-0.2, 0) is 4.74 Å².